The monoisotopic (exact) mass is 235 g/mol. The topological polar surface area (TPSA) is 12.0 Å². The van der Waals surface area contributed by atoms with Gasteiger partial charge in [-0.2, -0.15) is 0 Å². The van der Waals surface area contributed by atoms with Gasteiger partial charge in [-0.3, -0.25) is 0 Å². The Morgan fingerprint density at radius 2 is 2.00 bits per heavy atom. The summed E-state index contributed by atoms with van der Waals surface area (Å²) in [6, 6.07) is 8.48. The maximum absolute atomic E-state index is 13.5. The molecule has 1 atom stereocenters. The van der Waals surface area contributed by atoms with Crippen molar-refractivity contribution in [1.82, 2.24) is 5.32 Å². The average Bonchev–Trinajstić information content (AvgIpc) is 2.29. The fourth-order valence-corrected chi connectivity index (χ4v) is 2.53. The zero-order valence-electron chi connectivity index (χ0n) is 10.8. The Kier molecular flexibility index (Phi) is 3.82. The van der Waals surface area contributed by atoms with Crippen LogP contribution in [0, 0.1) is 0 Å². The quantitative estimate of drug-likeness (QED) is 0.846. The maximum atomic E-state index is 13.5. The van der Waals surface area contributed by atoms with E-state index in [4.69, 9.17) is 0 Å². The van der Waals surface area contributed by atoms with Crippen molar-refractivity contribution in [2.75, 3.05) is 13.1 Å². The molecule has 1 aromatic carbocycles. The Morgan fingerprint density at radius 1 is 1.29 bits per heavy atom. The Morgan fingerprint density at radius 3 is 2.53 bits per heavy atom. The molecule has 0 aliphatic carbocycles. The number of alkyl halides is 1. The lowest BCUT2D eigenvalue weighted by molar-refractivity contribution is 0.217. The highest BCUT2D eigenvalue weighted by atomic mass is 19.1. The second-order valence-electron chi connectivity index (χ2n) is 5.68. The van der Waals surface area contributed by atoms with Gasteiger partial charge >= 0.3 is 0 Å². The third-order valence-electron chi connectivity index (χ3n) is 3.37. The molecular formula is C15H22FN. The van der Waals surface area contributed by atoms with Gasteiger partial charge in [-0.15, -0.1) is 0 Å². The third-order valence-corrected chi connectivity index (χ3v) is 3.37. The van der Waals surface area contributed by atoms with Gasteiger partial charge in [0.25, 0.3) is 0 Å². The molecule has 0 amide bonds. The van der Waals surface area contributed by atoms with E-state index in [0.29, 0.717) is 12.3 Å². The second kappa shape index (κ2) is 5.18. The zero-order chi connectivity index (χ0) is 12.3. The van der Waals surface area contributed by atoms with E-state index in [-0.39, 0.29) is 0 Å². The first-order valence-electron chi connectivity index (χ1n) is 6.53. The summed E-state index contributed by atoms with van der Waals surface area (Å²) < 4.78 is 13.5. The minimum absolute atomic E-state index is 0.496. The summed E-state index contributed by atoms with van der Waals surface area (Å²) in [7, 11) is 0. The van der Waals surface area contributed by atoms with Crippen LogP contribution in [0.25, 0.3) is 0 Å². The largest absolute Gasteiger partial charge is 0.316 e. The summed E-state index contributed by atoms with van der Waals surface area (Å²) in [6.07, 6.45) is 3.01. The van der Waals surface area contributed by atoms with Crippen LogP contribution in [0.2, 0.25) is 0 Å². The van der Waals surface area contributed by atoms with Crippen molar-refractivity contribution in [3.8, 4) is 0 Å². The van der Waals surface area contributed by atoms with Crippen molar-refractivity contribution >= 4 is 0 Å². The number of rotatable bonds is 3. The van der Waals surface area contributed by atoms with Crippen LogP contribution < -0.4 is 5.32 Å². The molecule has 0 spiro atoms. The van der Waals surface area contributed by atoms with Crippen LogP contribution >= 0.6 is 0 Å². The lowest BCUT2D eigenvalue weighted by Gasteiger charge is -2.23. The minimum Gasteiger partial charge on any atom is -0.316 e. The highest BCUT2D eigenvalue weighted by Gasteiger charge is 2.17. The van der Waals surface area contributed by atoms with E-state index in [2.05, 4.69) is 29.6 Å². The number of hydrogen-bond donors (Lipinski definition) is 1. The predicted octanol–water partition coefficient (Wildman–Crippen LogP) is 3.44. The molecule has 1 heterocycles. The van der Waals surface area contributed by atoms with Crippen LogP contribution in [0.15, 0.2) is 24.3 Å². The summed E-state index contributed by atoms with van der Waals surface area (Å²) in [5.41, 5.74) is 1.36. The number of piperidine rings is 1. The lowest BCUT2D eigenvalue weighted by atomic mass is 9.90. The molecule has 1 nitrogen and oxygen atoms in total. The van der Waals surface area contributed by atoms with E-state index >= 15 is 0 Å². The molecule has 0 bridgehead atoms. The molecule has 2 heteroatoms. The van der Waals surface area contributed by atoms with Crippen LogP contribution in [0.3, 0.4) is 0 Å². The SMILES string of the molecule is CC(C)(F)Cc1ccc(C2CCCNC2)cc1. The van der Waals surface area contributed by atoms with Gasteiger partial charge in [-0.1, -0.05) is 24.3 Å². The molecule has 1 aliphatic rings. The Bertz CT molecular complexity index is 344. The van der Waals surface area contributed by atoms with Crippen molar-refractivity contribution in [3.63, 3.8) is 0 Å². The van der Waals surface area contributed by atoms with Crippen LogP contribution in [-0.2, 0) is 6.42 Å². The van der Waals surface area contributed by atoms with E-state index in [0.717, 1.165) is 18.7 Å². The third kappa shape index (κ3) is 3.81. The Balaban J connectivity index is 2.02. The number of hydrogen-bond acceptors (Lipinski definition) is 1. The van der Waals surface area contributed by atoms with Gasteiger partial charge in [0.15, 0.2) is 0 Å². The second-order valence-corrected chi connectivity index (χ2v) is 5.68. The van der Waals surface area contributed by atoms with Gasteiger partial charge in [0, 0.05) is 13.0 Å². The summed E-state index contributed by atoms with van der Waals surface area (Å²) in [4.78, 5) is 0. The minimum atomic E-state index is -1.12. The highest BCUT2D eigenvalue weighted by molar-refractivity contribution is 5.26. The van der Waals surface area contributed by atoms with Gasteiger partial charge in [-0.25, -0.2) is 4.39 Å². The van der Waals surface area contributed by atoms with Gasteiger partial charge in [-0.05, 0) is 50.3 Å². The van der Waals surface area contributed by atoms with Crippen molar-refractivity contribution < 1.29 is 4.39 Å². The summed E-state index contributed by atoms with van der Waals surface area (Å²) in [5, 5.41) is 3.43. The van der Waals surface area contributed by atoms with Gasteiger partial charge in [0.05, 0.1) is 0 Å². The fourth-order valence-electron chi connectivity index (χ4n) is 2.53. The maximum Gasteiger partial charge on any atom is 0.109 e. The first kappa shape index (κ1) is 12.6. The summed E-state index contributed by atoms with van der Waals surface area (Å²) in [6.45, 7) is 5.48. The average molecular weight is 235 g/mol. The van der Waals surface area contributed by atoms with E-state index in [1.165, 1.54) is 18.4 Å². The first-order chi connectivity index (χ1) is 8.04. The van der Waals surface area contributed by atoms with Crippen molar-refractivity contribution in [2.24, 2.45) is 0 Å². The predicted molar refractivity (Wildman–Crippen MR) is 70.2 cm³/mol. The molecule has 0 aromatic heterocycles. The number of nitrogens with one attached hydrogen (secondary N) is 1. The Labute approximate surface area is 103 Å². The zero-order valence-corrected chi connectivity index (χ0v) is 10.8. The molecule has 0 radical (unpaired) electrons. The van der Waals surface area contributed by atoms with Crippen LogP contribution in [0.5, 0.6) is 0 Å². The van der Waals surface area contributed by atoms with Crippen molar-refractivity contribution in [2.45, 2.75) is 44.7 Å². The summed E-state index contributed by atoms with van der Waals surface area (Å²) in [5.74, 6) is 0.635. The molecule has 1 N–H and O–H groups in total. The number of benzene rings is 1. The summed E-state index contributed by atoms with van der Waals surface area (Å²) >= 11 is 0. The van der Waals surface area contributed by atoms with Gasteiger partial charge in [0.1, 0.15) is 5.67 Å². The molecule has 0 saturated carbocycles. The van der Waals surface area contributed by atoms with Gasteiger partial charge < -0.3 is 5.32 Å². The molecule has 1 aromatic rings. The standard InChI is InChI=1S/C15H22FN/c1-15(2,16)10-12-5-7-13(8-6-12)14-4-3-9-17-11-14/h5-8,14,17H,3-4,9-11H2,1-2H3. The molecule has 1 aliphatic heterocycles. The molecule has 2 rings (SSSR count). The molecule has 1 saturated heterocycles. The number of halogens is 1. The van der Waals surface area contributed by atoms with Gasteiger partial charge in [0.2, 0.25) is 0 Å². The normalized spacial score (nSPS) is 21.5. The van der Waals surface area contributed by atoms with Crippen molar-refractivity contribution in [1.29, 1.82) is 0 Å². The van der Waals surface area contributed by atoms with Crippen LogP contribution in [0.4, 0.5) is 4.39 Å². The highest BCUT2D eigenvalue weighted by Crippen LogP contribution is 2.24. The fraction of sp³-hybridized carbons (Fsp3) is 0.600. The molecule has 1 fully saturated rings. The van der Waals surface area contributed by atoms with Crippen LogP contribution in [-0.4, -0.2) is 18.8 Å². The van der Waals surface area contributed by atoms with E-state index < -0.39 is 5.67 Å². The van der Waals surface area contributed by atoms with Crippen LogP contribution in [0.1, 0.15) is 43.7 Å². The lowest BCUT2D eigenvalue weighted by Crippen LogP contribution is -2.28. The molecule has 1 unspecified atom stereocenters. The van der Waals surface area contributed by atoms with E-state index in [9.17, 15) is 4.39 Å². The first-order valence-corrected chi connectivity index (χ1v) is 6.53. The molecule has 17 heavy (non-hydrogen) atoms. The van der Waals surface area contributed by atoms with E-state index in [1.807, 2.05) is 0 Å². The molecule has 94 valence electrons. The Hall–Kier alpha value is -0.890. The molecular weight excluding hydrogens is 213 g/mol. The van der Waals surface area contributed by atoms with E-state index in [1.54, 1.807) is 13.8 Å². The van der Waals surface area contributed by atoms with Crippen molar-refractivity contribution in [3.05, 3.63) is 35.4 Å². The smallest absolute Gasteiger partial charge is 0.109 e.